The van der Waals surface area contributed by atoms with Crippen LogP contribution in [-0.2, 0) is 11.3 Å². The van der Waals surface area contributed by atoms with Gasteiger partial charge in [0, 0.05) is 0 Å². The molecule has 1 aliphatic rings. The number of thioether (sulfide) groups is 1. The van der Waals surface area contributed by atoms with Crippen molar-refractivity contribution in [2.45, 2.75) is 6.54 Å². The predicted molar refractivity (Wildman–Crippen MR) is 113 cm³/mol. The third-order valence-electron chi connectivity index (χ3n) is 3.64. The lowest BCUT2D eigenvalue weighted by molar-refractivity contribution is -0.122. The Morgan fingerprint density at radius 3 is 2.64 bits per heavy atom. The number of thiocarbonyl (C=S) groups is 1. The van der Waals surface area contributed by atoms with E-state index in [0.29, 0.717) is 15.8 Å². The zero-order valence-electron chi connectivity index (χ0n) is 13.2. The van der Waals surface area contributed by atoms with Gasteiger partial charge in [0.1, 0.15) is 15.8 Å². The van der Waals surface area contributed by atoms with E-state index in [4.69, 9.17) is 17.0 Å². The maximum Gasteiger partial charge on any atom is 0.266 e. The predicted octanol–water partition coefficient (Wildman–Crippen LogP) is 4.41. The number of phenols is 1. The second kappa shape index (κ2) is 7.76. The number of nitrogens with zero attached hydrogens (tertiary/aromatic N) is 1. The third-order valence-corrected chi connectivity index (χ3v) is 5.88. The molecule has 2 aromatic rings. The summed E-state index contributed by atoms with van der Waals surface area (Å²) in [7, 11) is 1.62. The number of methoxy groups -OCH3 is 1. The van der Waals surface area contributed by atoms with Crippen LogP contribution in [0.15, 0.2) is 47.4 Å². The molecule has 1 aliphatic heterocycles. The summed E-state index contributed by atoms with van der Waals surface area (Å²) >= 11 is 8.71. The van der Waals surface area contributed by atoms with Gasteiger partial charge in [-0.2, -0.15) is 0 Å². The summed E-state index contributed by atoms with van der Waals surface area (Å²) in [6.07, 6.45) is 1.80. The van der Waals surface area contributed by atoms with E-state index < -0.39 is 0 Å². The number of carbonyl (C=O) groups is 1. The van der Waals surface area contributed by atoms with Crippen molar-refractivity contribution in [2.24, 2.45) is 0 Å². The first kappa shape index (κ1) is 18.2. The van der Waals surface area contributed by atoms with Gasteiger partial charge >= 0.3 is 0 Å². The fourth-order valence-electron chi connectivity index (χ4n) is 2.31. The van der Waals surface area contributed by atoms with Crippen molar-refractivity contribution in [3.05, 3.63) is 62.1 Å². The smallest absolute Gasteiger partial charge is 0.266 e. The molecule has 1 N–H and O–H groups in total. The van der Waals surface area contributed by atoms with Crippen LogP contribution < -0.4 is 4.74 Å². The molecule has 0 radical (unpaired) electrons. The Morgan fingerprint density at radius 1 is 1.28 bits per heavy atom. The van der Waals surface area contributed by atoms with Gasteiger partial charge in [-0.1, -0.05) is 42.2 Å². The fourth-order valence-corrected chi connectivity index (χ4v) is 4.11. The van der Waals surface area contributed by atoms with Crippen molar-refractivity contribution in [3.63, 3.8) is 0 Å². The molecule has 0 aliphatic carbocycles. The van der Waals surface area contributed by atoms with E-state index in [9.17, 15) is 9.90 Å². The minimum Gasteiger partial charge on any atom is -0.507 e. The lowest BCUT2D eigenvalue weighted by atomic mass is 10.2. The molecule has 0 atom stereocenters. The maximum atomic E-state index is 12.7. The highest BCUT2D eigenvalue weighted by Gasteiger charge is 2.31. The molecule has 128 valence electrons. The van der Waals surface area contributed by atoms with Crippen LogP contribution in [-0.4, -0.2) is 27.3 Å². The van der Waals surface area contributed by atoms with Gasteiger partial charge in [-0.05, 0) is 64.1 Å². The Kier molecular flexibility index (Phi) is 5.65. The maximum absolute atomic E-state index is 12.7. The average molecular weight is 483 g/mol. The number of hydrogen-bond donors (Lipinski definition) is 1. The largest absolute Gasteiger partial charge is 0.507 e. The van der Waals surface area contributed by atoms with Crippen molar-refractivity contribution in [2.75, 3.05) is 7.11 Å². The minimum absolute atomic E-state index is 0.103. The molecule has 7 heteroatoms. The Labute approximate surface area is 169 Å². The molecule has 0 unspecified atom stereocenters. The third kappa shape index (κ3) is 4.16. The van der Waals surface area contributed by atoms with Gasteiger partial charge in [0.15, 0.2) is 0 Å². The number of benzene rings is 2. The summed E-state index contributed by atoms with van der Waals surface area (Å²) in [4.78, 5) is 14.9. The van der Waals surface area contributed by atoms with Crippen molar-refractivity contribution < 1.29 is 14.6 Å². The number of rotatable bonds is 4. The van der Waals surface area contributed by atoms with Crippen LogP contribution in [0.1, 0.15) is 11.1 Å². The zero-order valence-corrected chi connectivity index (χ0v) is 17.0. The first-order valence-corrected chi connectivity index (χ1v) is 9.65. The van der Waals surface area contributed by atoms with Gasteiger partial charge in [-0.25, -0.2) is 0 Å². The van der Waals surface area contributed by atoms with Gasteiger partial charge in [0.25, 0.3) is 5.91 Å². The van der Waals surface area contributed by atoms with Gasteiger partial charge in [0.05, 0.1) is 22.1 Å². The average Bonchev–Trinajstić information content (AvgIpc) is 2.86. The molecule has 4 nitrogen and oxygen atoms in total. The standard InChI is InChI=1S/C18H14INO3S2/c1-23-13-5-2-11(3-6-13)10-20-17(22)16(25-18(20)24)9-12-4-7-15(21)14(19)8-12/h2-9,21H,10H2,1H3/b16-9-. The molecule has 3 rings (SSSR count). The first-order chi connectivity index (χ1) is 12.0. The Hall–Kier alpha value is -1.58. The summed E-state index contributed by atoms with van der Waals surface area (Å²) < 4.78 is 6.42. The van der Waals surface area contributed by atoms with E-state index in [-0.39, 0.29) is 11.7 Å². The molecule has 0 bridgehead atoms. The molecular formula is C18H14INO3S2. The summed E-state index contributed by atoms with van der Waals surface area (Å²) in [5, 5.41) is 9.60. The lowest BCUT2D eigenvalue weighted by Crippen LogP contribution is -2.27. The van der Waals surface area contributed by atoms with Crippen LogP contribution in [0.3, 0.4) is 0 Å². The molecule has 25 heavy (non-hydrogen) atoms. The van der Waals surface area contributed by atoms with Crippen LogP contribution in [0.2, 0.25) is 0 Å². The highest BCUT2D eigenvalue weighted by atomic mass is 127. The van der Waals surface area contributed by atoms with Gasteiger partial charge < -0.3 is 9.84 Å². The van der Waals surface area contributed by atoms with E-state index in [0.717, 1.165) is 20.4 Å². The number of halogens is 1. The topological polar surface area (TPSA) is 49.8 Å². The quantitative estimate of drug-likeness (QED) is 0.397. The normalized spacial score (nSPS) is 15.9. The van der Waals surface area contributed by atoms with Crippen LogP contribution in [0.5, 0.6) is 11.5 Å². The van der Waals surface area contributed by atoms with Gasteiger partial charge in [-0.15, -0.1) is 0 Å². The van der Waals surface area contributed by atoms with Crippen molar-refractivity contribution in [1.29, 1.82) is 0 Å². The van der Waals surface area contributed by atoms with Crippen molar-refractivity contribution >= 4 is 62.9 Å². The Bertz CT molecular complexity index is 865. The number of amides is 1. The second-order valence-electron chi connectivity index (χ2n) is 5.33. The molecule has 0 saturated carbocycles. The molecule has 1 fully saturated rings. The molecule has 1 heterocycles. The number of phenolic OH excluding ortho intramolecular Hbond substituents is 1. The Morgan fingerprint density at radius 2 is 2.00 bits per heavy atom. The van der Waals surface area contributed by atoms with Gasteiger partial charge in [-0.3, -0.25) is 9.69 Å². The number of hydrogen-bond acceptors (Lipinski definition) is 5. The second-order valence-corrected chi connectivity index (χ2v) is 8.16. The number of ether oxygens (including phenoxy) is 1. The molecule has 0 aromatic heterocycles. The van der Waals surface area contributed by atoms with Crippen molar-refractivity contribution in [3.8, 4) is 11.5 Å². The summed E-state index contributed by atoms with van der Waals surface area (Å²) in [6.45, 7) is 0.430. The molecular weight excluding hydrogens is 469 g/mol. The van der Waals surface area contributed by atoms with E-state index in [1.807, 2.05) is 30.3 Å². The van der Waals surface area contributed by atoms with E-state index in [2.05, 4.69) is 22.6 Å². The van der Waals surface area contributed by atoms with Crippen LogP contribution in [0, 0.1) is 3.57 Å². The molecule has 1 amide bonds. The first-order valence-electron chi connectivity index (χ1n) is 7.35. The summed E-state index contributed by atoms with van der Waals surface area (Å²) in [5.41, 5.74) is 1.84. The highest BCUT2D eigenvalue weighted by Crippen LogP contribution is 2.34. The Balaban J connectivity index is 1.79. The van der Waals surface area contributed by atoms with Crippen molar-refractivity contribution in [1.82, 2.24) is 4.90 Å². The van der Waals surface area contributed by atoms with Crippen LogP contribution in [0.4, 0.5) is 0 Å². The van der Waals surface area contributed by atoms with Crippen LogP contribution >= 0.6 is 46.6 Å². The molecule has 2 aromatic carbocycles. The van der Waals surface area contributed by atoms with Gasteiger partial charge in [0.2, 0.25) is 0 Å². The molecule has 0 spiro atoms. The highest BCUT2D eigenvalue weighted by molar-refractivity contribution is 14.1. The fraction of sp³-hybridized carbons (Fsp3) is 0.111. The number of carbonyl (C=O) groups excluding carboxylic acids is 1. The summed E-state index contributed by atoms with van der Waals surface area (Å²) in [5.74, 6) is 0.898. The minimum atomic E-state index is -0.103. The van der Waals surface area contributed by atoms with Crippen LogP contribution in [0.25, 0.3) is 6.08 Å². The van der Waals surface area contributed by atoms with E-state index >= 15 is 0 Å². The number of aromatic hydroxyl groups is 1. The van der Waals surface area contributed by atoms with E-state index in [1.165, 1.54) is 11.8 Å². The SMILES string of the molecule is COc1ccc(CN2C(=O)/C(=C/c3ccc(O)c(I)c3)SC2=S)cc1. The van der Waals surface area contributed by atoms with E-state index in [1.54, 1.807) is 30.2 Å². The molecule has 1 saturated heterocycles. The summed E-state index contributed by atoms with van der Waals surface area (Å²) in [6, 6.07) is 12.8. The lowest BCUT2D eigenvalue weighted by Gasteiger charge is -2.14. The zero-order chi connectivity index (χ0) is 18.0. The monoisotopic (exact) mass is 483 g/mol.